The van der Waals surface area contributed by atoms with Crippen molar-refractivity contribution >= 4 is 5.91 Å². The number of likely N-dealkylation sites (N-methyl/N-ethyl adjacent to an activating group) is 1. The zero-order valence-electron chi connectivity index (χ0n) is 12.4. The van der Waals surface area contributed by atoms with Gasteiger partial charge in [-0.15, -0.1) is 0 Å². The van der Waals surface area contributed by atoms with Crippen LogP contribution < -0.4 is 10.5 Å². The molecule has 0 radical (unpaired) electrons. The van der Waals surface area contributed by atoms with E-state index in [-0.39, 0.29) is 11.7 Å². The van der Waals surface area contributed by atoms with Crippen molar-refractivity contribution in [3.8, 4) is 5.75 Å². The number of halogens is 1. The lowest BCUT2D eigenvalue weighted by Gasteiger charge is -2.24. The van der Waals surface area contributed by atoms with E-state index < -0.39 is 11.9 Å². The Kier molecular flexibility index (Phi) is 6.45. The topological polar surface area (TPSA) is 55.6 Å². The van der Waals surface area contributed by atoms with Crippen molar-refractivity contribution in [3.05, 3.63) is 29.6 Å². The summed E-state index contributed by atoms with van der Waals surface area (Å²) in [5.74, 6) is -0.317. The van der Waals surface area contributed by atoms with Crippen LogP contribution in [0.15, 0.2) is 18.2 Å². The summed E-state index contributed by atoms with van der Waals surface area (Å²) in [4.78, 5) is 13.8. The second-order valence-electron chi connectivity index (χ2n) is 4.72. The molecule has 0 saturated heterocycles. The van der Waals surface area contributed by atoms with Crippen LogP contribution in [0.5, 0.6) is 5.75 Å². The van der Waals surface area contributed by atoms with Crippen molar-refractivity contribution in [2.75, 3.05) is 13.7 Å². The summed E-state index contributed by atoms with van der Waals surface area (Å²) in [6, 6.07) is 4.22. The van der Waals surface area contributed by atoms with Gasteiger partial charge in [0.25, 0.3) is 0 Å². The number of benzene rings is 1. The smallest absolute Gasteiger partial charge is 0.239 e. The average Bonchev–Trinajstić information content (AvgIpc) is 2.44. The van der Waals surface area contributed by atoms with Crippen LogP contribution in [0.3, 0.4) is 0 Å². The van der Waals surface area contributed by atoms with Gasteiger partial charge in [-0.3, -0.25) is 4.79 Å². The first kappa shape index (κ1) is 16.4. The van der Waals surface area contributed by atoms with Crippen LogP contribution in [0, 0.1) is 5.82 Å². The lowest BCUT2D eigenvalue weighted by atomic mass is 10.1. The highest BCUT2D eigenvalue weighted by molar-refractivity contribution is 5.81. The summed E-state index contributed by atoms with van der Waals surface area (Å²) < 4.78 is 18.5. The highest BCUT2D eigenvalue weighted by Crippen LogP contribution is 2.19. The number of nitrogens with two attached hydrogens (primary N) is 1. The second kappa shape index (κ2) is 7.85. The molecule has 0 unspecified atom stereocenters. The van der Waals surface area contributed by atoms with E-state index in [0.717, 1.165) is 12.0 Å². The molecule has 1 aromatic rings. The molecule has 0 heterocycles. The van der Waals surface area contributed by atoms with Gasteiger partial charge in [-0.2, -0.15) is 0 Å². The maximum atomic E-state index is 13.6. The Morgan fingerprint density at radius 3 is 2.65 bits per heavy atom. The van der Waals surface area contributed by atoms with E-state index in [1.54, 1.807) is 17.0 Å². The molecule has 1 amide bonds. The Bertz CT molecular complexity index is 451. The predicted molar refractivity (Wildman–Crippen MR) is 76.9 cm³/mol. The number of amides is 1. The first-order valence-corrected chi connectivity index (χ1v) is 6.90. The molecule has 20 heavy (non-hydrogen) atoms. The third-order valence-corrected chi connectivity index (χ3v) is 3.20. The molecule has 0 aromatic heterocycles. The van der Waals surface area contributed by atoms with Crippen molar-refractivity contribution in [1.82, 2.24) is 4.90 Å². The molecule has 0 saturated carbocycles. The van der Waals surface area contributed by atoms with Crippen molar-refractivity contribution in [2.45, 2.75) is 39.3 Å². The molecular weight excluding hydrogens is 259 g/mol. The summed E-state index contributed by atoms with van der Waals surface area (Å²) >= 11 is 0. The maximum Gasteiger partial charge on any atom is 0.239 e. The van der Waals surface area contributed by atoms with E-state index in [2.05, 4.69) is 0 Å². The molecule has 112 valence electrons. The average molecular weight is 282 g/mol. The van der Waals surface area contributed by atoms with Gasteiger partial charge >= 0.3 is 0 Å². The normalized spacial score (nSPS) is 12.1. The highest BCUT2D eigenvalue weighted by Gasteiger charge is 2.19. The van der Waals surface area contributed by atoms with Crippen LogP contribution >= 0.6 is 0 Å². The molecule has 1 atom stereocenters. The number of rotatable bonds is 7. The van der Waals surface area contributed by atoms with Crippen molar-refractivity contribution in [3.63, 3.8) is 0 Å². The molecule has 0 fully saturated rings. The van der Waals surface area contributed by atoms with Crippen molar-refractivity contribution in [2.24, 2.45) is 5.73 Å². The van der Waals surface area contributed by atoms with Gasteiger partial charge in [-0.25, -0.2) is 4.39 Å². The van der Waals surface area contributed by atoms with Gasteiger partial charge in [0.2, 0.25) is 5.91 Å². The molecule has 2 N–H and O–H groups in total. The van der Waals surface area contributed by atoms with E-state index in [1.807, 2.05) is 13.8 Å². The largest absolute Gasteiger partial charge is 0.494 e. The number of hydrogen-bond acceptors (Lipinski definition) is 3. The fourth-order valence-electron chi connectivity index (χ4n) is 2.04. The van der Waals surface area contributed by atoms with Crippen molar-refractivity contribution in [1.29, 1.82) is 0 Å². The lowest BCUT2D eigenvalue weighted by molar-refractivity contribution is -0.133. The van der Waals surface area contributed by atoms with Crippen LogP contribution in [0.1, 0.15) is 32.3 Å². The lowest BCUT2D eigenvalue weighted by Crippen LogP contribution is -2.43. The van der Waals surface area contributed by atoms with Crippen LogP contribution in [-0.2, 0) is 11.3 Å². The molecule has 1 aromatic carbocycles. The van der Waals surface area contributed by atoms with E-state index in [1.165, 1.54) is 13.2 Å². The van der Waals surface area contributed by atoms with Gasteiger partial charge < -0.3 is 15.4 Å². The first-order chi connectivity index (χ1) is 9.53. The van der Waals surface area contributed by atoms with Crippen LogP contribution in [0.2, 0.25) is 0 Å². The molecule has 5 heteroatoms. The summed E-state index contributed by atoms with van der Waals surface area (Å²) in [6.45, 7) is 4.77. The quantitative estimate of drug-likeness (QED) is 0.835. The van der Waals surface area contributed by atoms with E-state index in [9.17, 15) is 9.18 Å². The Morgan fingerprint density at radius 2 is 2.15 bits per heavy atom. The first-order valence-electron chi connectivity index (χ1n) is 6.90. The minimum Gasteiger partial charge on any atom is -0.494 e. The van der Waals surface area contributed by atoms with Crippen LogP contribution in [0.4, 0.5) is 4.39 Å². The third-order valence-electron chi connectivity index (χ3n) is 3.20. The Labute approximate surface area is 119 Å². The minimum absolute atomic E-state index is 0.0921. The maximum absolute atomic E-state index is 13.6. The molecule has 1 rings (SSSR count). The SMILES string of the molecule is CCC[C@H](N)C(=O)N(CC)Cc1ccc(OC)c(F)c1. The monoisotopic (exact) mass is 282 g/mol. The van der Waals surface area contributed by atoms with Gasteiger partial charge in [0.1, 0.15) is 0 Å². The molecule has 0 aliphatic rings. The fourth-order valence-corrected chi connectivity index (χ4v) is 2.04. The summed E-state index contributed by atoms with van der Waals surface area (Å²) in [5.41, 5.74) is 6.57. The number of methoxy groups -OCH3 is 1. The molecule has 0 spiro atoms. The number of nitrogens with zero attached hydrogens (tertiary/aromatic N) is 1. The van der Waals surface area contributed by atoms with Gasteiger partial charge in [-0.05, 0) is 31.0 Å². The predicted octanol–water partition coefficient (Wildman–Crippen LogP) is 2.31. The molecular formula is C15H23FN2O2. The molecule has 0 bridgehead atoms. The van der Waals surface area contributed by atoms with Crippen LogP contribution in [0.25, 0.3) is 0 Å². The standard InChI is InChI=1S/C15H23FN2O2/c1-4-6-13(17)15(19)18(5-2)10-11-7-8-14(20-3)12(16)9-11/h7-9,13H,4-6,10,17H2,1-3H3/t13-/m0/s1. The Morgan fingerprint density at radius 1 is 1.45 bits per heavy atom. The van der Waals surface area contributed by atoms with Gasteiger partial charge in [0.15, 0.2) is 11.6 Å². The zero-order valence-corrected chi connectivity index (χ0v) is 12.4. The fraction of sp³-hybridized carbons (Fsp3) is 0.533. The summed E-state index contributed by atoms with van der Waals surface area (Å²) in [5, 5.41) is 0. The molecule has 4 nitrogen and oxygen atoms in total. The van der Waals surface area contributed by atoms with E-state index >= 15 is 0 Å². The zero-order chi connectivity index (χ0) is 15.1. The summed E-state index contributed by atoms with van der Waals surface area (Å²) in [6.07, 6.45) is 1.52. The minimum atomic E-state index is -0.483. The molecule has 0 aliphatic carbocycles. The number of ether oxygens (including phenoxy) is 1. The number of carbonyl (C=O) groups excluding carboxylic acids is 1. The third kappa shape index (κ3) is 4.20. The van der Waals surface area contributed by atoms with E-state index in [0.29, 0.717) is 19.5 Å². The number of hydrogen-bond donors (Lipinski definition) is 1. The van der Waals surface area contributed by atoms with Crippen LogP contribution in [-0.4, -0.2) is 30.5 Å². The van der Waals surface area contributed by atoms with Gasteiger partial charge in [0, 0.05) is 13.1 Å². The van der Waals surface area contributed by atoms with E-state index in [4.69, 9.17) is 10.5 Å². The summed E-state index contributed by atoms with van der Waals surface area (Å²) in [7, 11) is 1.42. The number of carbonyl (C=O) groups is 1. The molecule has 0 aliphatic heterocycles. The van der Waals surface area contributed by atoms with Gasteiger partial charge in [-0.1, -0.05) is 19.4 Å². The Balaban J connectivity index is 2.78. The van der Waals surface area contributed by atoms with Crippen molar-refractivity contribution < 1.29 is 13.9 Å². The highest BCUT2D eigenvalue weighted by atomic mass is 19.1. The Hall–Kier alpha value is -1.62. The van der Waals surface area contributed by atoms with Gasteiger partial charge in [0.05, 0.1) is 13.2 Å². The second-order valence-corrected chi connectivity index (χ2v) is 4.72.